The predicted octanol–water partition coefficient (Wildman–Crippen LogP) is 5.32. The second-order valence-electron chi connectivity index (χ2n) is 6.15. The molecular formula is C20H16F3N3O2S2. The van der Waals surface area contributed by atoms with Crippen molar-refractivity contribution in [2.45, 2.75) is 11.1 Å². The second-order valence-corrected chi connectivity index (χ2v) is 8.24. The molecule has 0 saturated carbocycles. The van der Waals surface area contributed by atoms with Crippen molar-refractivity contribution in [2.24, 2.45) is 0 Å². The van der Waals surface area contributed by atoms with Crippen LogP contribution in [0.25, 0.3) is 0 Å². The van der Waals surface area contributed by atoms with Crippen molar-refractivity contribution in [3.05, 3.63) is 84.4 Å². The van der Waals surface area contributed by atoms with Crippen LogP contribution in [-0.4, -0.2) is 13.5 Å². The van der Waals surface area contributed by atoms with Gasteiger partial charge in [-0.05, 0) is 66.8 Å². The zero-order valence-corrected chi connectivity index (χ0v) is 16.9. The first-order chi connectivity index (χ1) is 14.1. The summed E-state index contributed by atoms with van der Waals surface area (Å²) in [6.45, 7) is 0. The zero-order valence-electron chi connectivity index (χ0n) is 15.3. The maximum Gasteiger partial charge on any atom is 0.416 e. The molecule has 30 heavy (non-hydrogen) atoms. The Morgan fingerprint density at radius 2 is 1.37 bits per heavy atom. The van der Waals surface area contributed by atoms with Gasteiger partial charge in [0.25, 0.3) is 10.0 Å². The van der Waals surface area contributed by atoms with Gasteiger partial charge in [-0.2, -0.15) is 13.2 Å². The third kappa shape index (κ3) is 5.71. The maximum atomic E-state index is 12.8. The van der Waals surface area contributed by atoms with Gasteiger partial charge in [0.05, 0.1) is 10.5 Å². The molecule has 10 heteroatoms. The molecule has 0 spiro atoms. The van der Waals surface area contributed by atoms with Crippen molar-refractivity contribution in [2.75, 3.05) is 15.4 Å². The highest BCUT2D eigenvalue weighted by atomic mass is 32.2. The van der Waals surface area contributed by atoms with Crippen LogP contribution in [0.1, 0.15) is 5.56 Å². The van der Waals surface area contributed by atoms with E-state index < -0.39 is 21.8 Å². The van der Waals surface area contributed by atoms with Crippen LogP contribution in [0, 0.1) is 0 Å². The highest BCUT2D eigenvalue weighted by Crippen LogP contribution is 2.30. The van der Waals surface area contributed by atoms with Gasteiger partial charge in [-0.25, -0.2) is 8.42 Å². The monoisotopic (exact) mass is 451 g/mol. The summed E-state index contributed by atoms with van der Waals surface area (Å²) in [7, 11) is -3.76. The lowest BCUT2D eigenvalue weighted by atomic mass is 10.2. The first kappa shape index (κ1) is 21.6. The van der Waals surface area contributed by atoms with E-state index in [-0.39, 0.29) is 15.7 Å². The molecule has 0 atom stereocenters. The number of sulfonamides is 1. The number of rotatable bonds is 5. The summed E-state index contributed by atoms with van der Waals surface area (Å²) in [5.74, 6) is 0. The van der Waals surface area contributed by atoms with Crippen molar-refractivity contribution in [1.29, 1.82) is 0 Å². The molecular weight excluding hydrogens is 435 g/mol. The van der Waals surface area contributed by atoms with Gasteiger partial charge in [0, 0.05) is 17.1 Å². The van der Waals surface area contributed by atoms with Gasteiger partial charge in [-0.1, -0.05) is 24.3 Å². The number of para-hydroxylation sites is 1. The van der Waals surface area contributed by atoms with Crippen molar-refractivity contribution >= 4 is 44.4 Å². The van der Waals surface area contributed by atoms with Crippen LogP contribution in [0.3, 0.4) is 0 Å². The predicted molar refractivity (Wildman–Crippen MR) is 115 cm³/mol. The van der Waals surface area contributed by atoms with Crippen LogP contribution >= 0.6 is 12.2 Å². The molecule has 0 heterocycles. The van der Waals surface area contributed by atoms with E-state index in [9.17, 15) is 21.6 Å². The molecule has 5 nitrogen and oxygen atoms in total. The van der Waals surface area contributed by atoms with E-state index in [1.54, 1.807) is 30.3 Å². The number of hydrogen-bond acceptors (Lipinski definition) is 3. The molecule has 3 aromatic carbocycles. The number of alkyl halides is 3. The number of anilines is 3. The Balaban J connectivity index is 1.65. The number of benzene rings is 3. The Hall–Kier alpha value is -3.11. The summed E-state index contributed by atoms with van der Waals surface area (Å²) in [5, 5.41) is 5.53. The summed E-state index contributed by atoms with van der Waals surface area (Å²) < 4.78 is 65.7. The molecule has 3 rings (SSSR count). The average Bonchev–Trinajstić information content (AvgIpc) is 2.68. The van der Waals surface area contributed by atoms with Crippen LogP contribution in [0.2, 0.25) is 0 Å². The van der Waals surface area contributed by atoms with Crippen LogP contribution < -0.4 is 15.4 Å². The average molecular weight is 451 g/mol. The molecule has 3 aromatic rings. The Morgan fingerprint density at radius 3 is 2.00 bits per heavy atom. The maximum absolute atomic E-state index is 12.8. The third-order valence-electron chi connectivity index (χ3n) is 3.90. The molecule has 0 aliphatic heterocycles. The lowest BCUT2D eigenvalue weighted by Gasteiger charge is -2.13. The minimum absolute atomic E-state index is 0.0497. The summed E-state index contributed by atoms with van der Waals surface area (Å²) in [5.41, 5.74) is 0.286. The van der Waals surface area contributed by atoms with Gasteiger partial charge in [0.2, 0.25) is 0 Å². The second kappa shape index (κ2) is 8.72. The molecule has 0 radical (unpaired) electrons. The Morgan fingerprint density at radius 1 is 0.767 bits per heavy atom. The van der Waals surface area contributed by atoms with Gasteiger partial charge >= 0.3 is 6.18 Å². The Bertz CT molecular complexity index is 1130. The van der Waals surface area contributed by atoms with E-state index in [2.05, 4.69) is 15.4 Å². The molecule has 0 fully saturated rings. The lowest BCUT2D eigenvalue weighted by Crippen LogP contribution is -2.19. The smallest absolute Gasteiger partial charge is 0.332 e. The van der Waals surface area contributed by atoms with Crippen LogP contribution in [0.5, 0.6) is 0 Å². The van der Waals surface area contributed by atoms with Gasteiger partial charge in [0.1, 0.15) is 0 Å². The number of halogens is 3. The van der Waals surface area contributed by atoms with Crippen LogP contribution in [0.15, 0.2) is 83.8 Å². The fraction of sp³-hybridized carbons (Fsp3) is 0.0500. The molecule has 0 unspecified atom stereocenters. The molecule has 0 aliphatic carbocycles. The van der Waals surface area contributed by atoms with Gasteiger partial charge < -0.3 is 10.6 Å². The van der Waals surface area contributed by atoms with Gasteiger partial charge in [-0.15, -0.1) is 0 Å². The van der Waals surface area contributed by atoms with Crippen molar-refractivity contribution in [3.63, 3.8) is 0 Å². The SMILES string of the molecule is O=S(=O)(Nc1ccccc1)c1ccc(NC(=S)Nc2cccc(C(F)(F)F)c2)cc1. The first-order valence-electron chi connectivity index (χ1n) is 8.57. The lowest BCUT2D eigenvalue weighted by molar-refractivity contribution is -0.137. The third-order valence-corrected chi connectivity index (χ3v) is 5.50. The number of nitrogens with one attached hydrogen (secondary N) is 3. The van der Waals surface area contributed by atoms with Crippen LogP contribution in [-0.2, 0) is 16.2 Å². The van der Waals surface area contributed by atoms with Crippen molar-refractivity contribution in [1.82, 2.24) is 0 Å². The molecule has 0 saturated heterocycles. The van der Waals surface area contributed by atoms with E-state index in [1.165, 1.54) is 36.4 Å². The fourth-order valence-corrected chi connectivity index (χ4v) is 3.80. The first-order valence-corrected chi connectivity index (χ1v) is 10.5. The minimum atomic E-state index is -4.46. The van der Waals surface area contributed by atoms with Gasteiger partial charge in [-0.3, -0.25) is 4.72 Å². The number of thiocarbonyl (C=S) groups is 1. The summed E-state index contributed by atoms with van der Waals surface area (Å²) in [6.07, 6.45) is -4.46. The molecule has 0 bridgehead atoms. The Labute approximate surface area is 177 Å². The highest BCUT2D eigenvalue weighted by Gasteiger charge is 2.30. The quantitative estimate of drug-likeness (QED) is 0.459. The normalized spacial score (nSPS) is 11.6. The van der Waals surface area contributed by atoms with E-state index in [0.29, 0.717) is 11.4 Å². The van der Waals surface area contributed by atoms with E-state index in [4.69, 9.17) is 12.2 Å². The van der Waals surface area contributed by atoms with Crippen molar-refractivity contribution < 1.29 is 21.6 Å². The molecule has 0 aromatic heterocycles. The van der Waals surface area contributed by atoms with E-state index in [1.807, 2.05) is 0 Å². The van der Waals surface area contributed by atoms with E-state index in [0.717, 1.165) is 12.1 Å². The fourth-order valence-electron chi connectivity index (χ4n) is 2.50. The minimum Gasteiger partial charge on any atom is -0.332 e. The van der Waals surface area contributed by atoms with Crippen LogP contribution in [0.4, 0.5) is 30.2 Å². The summed E-state index contributed by atoms with van der Waals surface area (Å²) in [6, 6.07) is 18.9. The molecule has 0 amide bonds. The summed E-state index contributed by atoms with van der Waals surface area (Å²) >= 11 is 5.11. The molecule has 0 aliphatic rings. The largest absolute Gasteiger partial charge is 0.416 e. The van der Waals surface area contributed by atoms with Gasteiger partial charge in [0.15, 0.2) is 5.11 Å². The topological polar surface area (TPSA) is 70.2 Å². The molecule has 3 N–H and O–H groups in total. The number of hydrogen-bond donors (Lipinski definition) is 3. The standard InChI is InChI=1S/C20H16F3N3O2S2/c21-20(22,23)14-5-4-8-17(13-14)25-19(29)24-15-9-11-18(12-10-15)30(27,28)26-16-6-2-1-3-7-16/h1-13,26H,(H2,24,25,29). The Kier molecular flexibility index (Phi) is 6.28. The van der Waals surface area contributed by atoms with E-state index >= 15 is 0 Å². The highest BCUT2D eigenvalue weighted by molar-refractivity contribution is 7.92. The summed E-state index contributed by atoms with van der Waals surface area (Å²) in [4.78, 5) is 0.0497. The molecule has 156 valence electrons. The van der Waals surface area contributed by atoms with Crippen molar-refractivity contribution in [3.8, 4) is 0 Å². The zero-order chi connectivity index (χ0) is 21.8.